The van der Waals surface area contributed by atoms with Gasteiger partial charge in [0, 0.05) is 28.3 Å². The molecule has 106 valence electrons. The molecular weight excluding hydrogens is 358 g/mol. The van der Waals surface area contributed by atoms with E-state index in [0.29, 0.717) is 17.3 Å². The summed E-state index contributed by atoms with van der Waals surface area (Å²) in [5, 5.41) is 10.6. The van der Waals surface area contributed by atoms with E-state index in [2.05, 4.69) is 25.9 Å². The molecule has 0 aromatic carbocycles. The van der Waals surface area contributed by atoms with Gasteiger partial charge in [-0.25, -0.2) is 4.79 Å². The van der Waals surface area contributed by atoms with Gasteiger partial charge >= 0.3 is 5.97 Å². The van der Waals surface area contributed by atoms with Crippen LogP contribution in [-0.4, -0.2) is 25.4 Å². The zero-order valence-electron chi connectivity index (χ0n) is 10.4. The van der Waals surface area contributed by atoms with Gasteiger partial charge in [0.1, 0.15) is 11.4 Å². The molecule has 0 amide bonds. The number of nitrogens with zero attached hydrogens (tertiary/aromatic N) is 3. The predicted octanol–water partition coefficient (Wildman–Crippen LogP) is 3.44. The fourth-order valence-corrected chi connectivity index (χ4v) is 2.78. The first-order valence-corrected chi connectivity index (χ1v) is 7.46. The summed E-state index contributed by atoms with van der Waals surface area (Å²) in [5.74, 6) is -0.186. The second-order valence-corrected chi connectivity index (χ2v) is 5.76. The Bertz CT molecular complexity index is 840. The molecule has 0 spiro atoms. The number of thiazole rings is 1. The van der Waals surface area contributed by atoms with Gasteiger partial charge in [-0.15, -0.1) is 11.3 Å². The molecular formula is C13H8BrN3O3S. The summed E-state index contributed by atoms with van der Waals surface area (Å²) in [7, 11) is 0. The normalized spacial score (nSPS) is 11.3. The van der Waals surface area contributed by atoms with Crippen molar-refractivity contribution in [2.75, 3.05) is 0 Å². The van der Waals surface area contributed by atoms with Crippen molar-refractivity contribution in [1.29, 1.82) is 0 Å². The summed E-state index contributed by atoms with van der Waals surface area (Å²) in [4.78, 5) is 19.8. The Morgan fingerprint density at radius 1 is 1.48 bits per heavy atom. The van der Waals surface area contributed by atoms with Crippen LogP contribution in [0.4, 0.5) is 0 Å². The number of ether oxygens (including phenoxy) is 1. The molecule has 0 atom stereocenters. The van der Waals surface area contributed by atoms with Crippen LogP contribution in [-0.2, 0) is 4.79 Å². The highest BCUT2D eigenvalue weighted by Gasteiger charge is 2.13. The molecule has 3 aromatic heterocycles. The molecule has 3 rings (SSSR count). The molecule has 0 aliphatic heterocycles. The van der Waals surface area contributed by atoms with E-state index in [4.69, 9.17) is 9.84 Å². The lowest BCUT2D eigenvalue weighted by molar-refractivity contribution is -0.131. The smallest absolute Gasteiger partial charge is 0.328 e. The van der Waals surface area contributed by atoms with Crippen LogP contribution in [0.15, 0.2) is 40.6 Å². The Morgan fingerprint density at radius 2 is 2.33 bits per heavy atom. The minimum Gasteiger partial charge on any atom is -0.478 e. The lowest BCUT2D eigenvalue weighted by Crippen LogP contribution is -1.91. The maximum atomic E-state index is 10.7. The fourth-order valence-electron chi connectivity index (χ4n) is 1.72. The number of halogens is 1. The number of aliphatic carboxylic acids is 1. The van der Waals surface area contributed by atoms with Gasteiger partial charge in [0.15, 0.2) is 4.96 Å². The van der Waals surface area contributed by atoms with E-state index in [0.717, 1.165) is 15.5 Å². The summed E-state index contributed by atoms with van der Waals surface area (Å²) in [6, 6.07) is 1.76. The molecule has 0 bridgehead atoms. The van der Waals surface area contributed by atoms with E-state index in [9.17, 15) is 4.79 Å². The average Bonchev–Trinajstić information content (AvgIpc) is 2.97. The van der Waals surface area contributed by atoms with Crippen molar-refractivity contribution in [3.63, 3.8) is 0 Å². The molecule has 0 saturated carbocycles. The number of fused-ring (bicyclic) bond motifs is 1. The molecule has 1 N–H and O–H groups in total. The second kappa shape index (κ2) is 5.66. The van der Waals surface area contributed by atoms with E-state index in [1.807, 2.05) is 5.38 Å². The lowest BCUT2D eigenvalue weighted by Gasteiger charge is -2.03. The standard InChI is InChI=1S/C13H8BrN3O3S/c14-8-5-9(7-15-6-8)20-12-10(1-2-11(18)19)17-3-4-21-13(17)16-12/h1-7H,(H,18,19). The minimum atomic E-state index is -1.03. The van der Waals surface area contributed by atoms with Gasteiger partial charge in [-0.3, -0.25) is 9.38 Å². The van der Waals surface area contributed by atoms with Crippen molar-refractivity contribution in [1.82, 2.24) is 14.4 Å². The maximum absolute atomic E-state index is 10.7. The molecule has 0 aliphatic rings. The van der Waals surface area contributed by atoms with Crippen molar-refractivity contribution in [2.24, 2.45) is 0 Å². The Balaban J connectivity index is 2.03. The van der Waals surface area contributed by atoms with Crippen LogP contribution >= 0.6 is 27.3 Å². The average molecular weight is 366 g/mol. The highest BCUT2D eigenvalue weighted by molar-refractivity contribution is 9.10. The number of carboxylic acids is 1. The Morgan fingerprint density at radius 3 is 3.10 bits per heavy atom. The molecule has 0 fully saturated rings. The van der Waals surface area contributed by atoms with Crippen LogP contribution in [0, 0.1) is 0 Å². The predicted molar refractivity (Wildman–Crippen MR) is 81.7 cm³/mol. The molecule has 6 nitrogen and oxygen atoms in total. The van der Waals surface area contributed by atoms with Gasteiger partial charge in [0.25, 0.3) is 0 Å². The van der Waals surface area contributed by atoms with Crippen LogP contribution in [0.3, 0.4) is 0 Å². The monoisotopic (exact) mass is 365 g/mol. The van der Waals surface area contributed by atoms with E-state index < -0.39 is 5.97 Å². The van der Waals surface area contributed by atoms with Crippen molar-refractivity contribution >= 4 is 44.3 Å². The number of carbonyl (C=O) groups is 1. The third-order valence-corrected chi connectivity index (χ3v) is 3.73. The largest absolute Gasteiger partial charge is 0.478 e. The number of hydrogen-bond donors (Lipinski definition) is 1. The number of carboxylic acid groups (broad SMARTS) is 1. The van der Waals surface area contributed by atoms with Gasteiger partial charge in [-0.1, -0.05) is 0 Å². The van der Waals surface area contributed by atoms with Crippen LogP contribution < -0.4 is 4.74 Å². The quantitative estimate of drug-likeness (QED) is 0.716. The van der Waals surface area contributed by atoms with E-state index >= 15 is 0 Å². The Kier molecular flexibility index (Phi) is 3.72. The molecule has 0 radical (unpaired) electrons. The molecule has 3 aromatic rings. The molecule has 21 heavy (non-hydrogen) atoms. The van der Waals surface area contributed by atoms with Crippen molar-refractivity contribution in [3.8, 4) is 11.6 Å². The molecule has 8 heteroatoms. The van der Waals surface area contributed by atoms with Crippen LogP contribution in [0.25, 0.3) is 11.0 Å². The number of aromatic nitrogens is 3. The molecule has 0 unspecified atom stereocenters. The Hall–Kier alpha value is -2.19. The van der Waals surface area contributed by atoms with Gasteiger partial charge in [-0.05, 0) is 28.1 Å². The first kappa shape index (κ1) is 13.8. The lowest BCUT2D eigenvalue weighted by atomic mass is 10.4. The first-order chi connectivity index (χ1) is 10.1. The van der Waals surface area contributed by atoms with Gasteiger partial charge in [0.05, 0.1) is 6.20 Å². The summed E-state index contributed by atoms with van der Waals surface area (Å²) in [5.41, 5.74) is 0.564. The van der Waals surface area contributed by atoms with E-state index in [-0.39, 0.29) is 0 Å². The van der Waals surface area contributed by atoms with E-state index in [1.54, 1.807) is 29.1 Å². The highest BCUT2D eigenvalue weighted by Crippen LogP contribution is 2.29. The van der Waals surface area contributed by atoms with Crippen LogP contribution in [0.1, 0.15) is 5.69 Å². The zero-order chi connectivity index (χ0) is 14.8. The van der Waals surface area contributed by atoms with Crippen LogP contribution in [0.5, 0.6) is 11.6 Å². The fraction of sp³-hybridized carbons (Fsp3) is 0. The molecule has 0 saturated heterocycles. The van der Waals surface area contributed by atoms with Crippen molar-refractivity contribution in [3.05, 3.63) is 46.3 Å². The number of pyridine rings is 1. The summed E-state index contributed by atoms with van der Waals surface area (Å²) in [6.45, 7) is 0. The SMILES string of the molecule is O=C(O)C=Cc1c(Oc2cncc(Br)c2)nc2sccn12. The summed E-state index contributed by atoms with van der Waals surface area (Å²) in [6.07, 6.45) is 7.51. The number of hydrogen-bond acceptors (Lipinski definition) is 5. The third kappa shape index (κ3) is 2.96. The summed E-state index contributed by atoms with van der Waals surface area (Å²) < 4.78 is 8.25. The van der Waals surface area contributed by atoms with Gasteiger partial charge in [0.2, 0.25) is 5.88 Å². The van der Waals surface area contributed by atoms with Crippen LogP contribution in [0.2, 0.25) is 0 Å². The Labute approximate surface area is 131 Å². The van der Waals surface area contributed by atoms with Crippen molar-refractivity contribution < 1.29 is 14.6 Å². The molecule has 0 aliphatic carbocycles. The number of imidazole rings is 1. The highest BCUT2D eigenvalue weighted by atomic mass is 79.9. The van der Waals surface area contributed by atoms with Gasteiger partial charge in [-0.2, -0.15) is 4.98 Å². The zero-order valence-corrected chi connectivity index (χ0v) is 12.8. The van der Waals surface area contributed by atoms with Crippen molar-refractivity contribution in [2.45, 2.75) is 0 Å². The second-order valence-electron chi connectivity index (χ2n) is 3.97. The van der Waals surface area contributed by atoms with Gasteiger partial charge < -0.3 is 9.84 Å². The first-order valence-electron chi connectivity index (χ1n) is 5.78. The third-order valence-electron chi connectivity index (χ3n) is 2.54. The maximum Gasteiger partial charge on any atom is 0.328 e. The number of rotatable bonds is 4. The molecule has 3 heterocycles. The van der Waals surface area contributed by atoms with E-state index in [1.165, 1.54) is 17.4 Å². The topological polar surface area (TPSA) is 76.7 Å². The minimum absolute atomic E-state index is 0.333. The summed E-state index contributed by atoms with van der Waals surface area (Å²) >= 11 is 4.75.